The van der Waals surface area contributed by atoms with Crippen LogP contribution in [0.3, 0.4) is 0 Å². The number of amides is 2. The first-order valence-corrected chi connectivity index (χ1v) is 7.23. The lowest BCUT2D eigenvalue weighted by Crippen LogP contribution is -2.49. The summed E-state index contributed by atoms with van der Waals surface area (Å²) in [7, 11) is 1.31. The highest BCUT2D eigenvalue weighted by atomic mass is 35.5. The van der Waals surface area contributed by atoms with Crippen molar-refractivity contribution in [3.63, 3.8) is 0 Å². The Bertz CT molecular complexity index is 494. The third kappa shape index (κ3) is 5.27. The molecule has 0 aliphatic rings. The highest BCUT2D eigenvalue weighted by molar-refractivity contribution is 6.31. The lowest BCUT2D eigenvalue weighted by atomic mass is 9.99. The van der Waals surface area contributed by atoms with Gasteiger partial charge in [0.1, 0.15) is 6.04 Å². The molecular formula is C15H21ClN2O3. The summed E-state index contributed by atoms with van der Waals surface area (Å²) in [5, 5.41) is 5.91. The molecule has 0 saturated carbocycles. The zero-order valence-corrected chi connectivity index (χ0v) is 13.2. The third-order valence-electron chi connectivity index (χ3n) is 3.35. The molecule has 2 atom stereocenters. The number of halogens is 1. The van der Waals surface area contributed by atoms with Gasteiger partial charge in [-0.1, -0.05) is 50.1 Å². The van der Waals surface area contributed by atoms with Crippen molar-refractivity contribution < 1.29 is 14.3 Å². The lowest BCUT2D eigenvalue weighted by Gasteiger charge is -2.22. The molecule has 0 aliphatic heterocycles. The normalized spacial score (nSPS) is 13.1. The van der Waals surface area contributed by atoms with Crippen LogP contribution in [0.15, 0.2) is 24.3 Å². The zero-order chi connectivity index (χ0) is 15.8. The number of ether oxygens (including phenoxy) is 1. The number of urea groups is 1. The molecule has 0 unspecified atom stereocenters. The fourth-order valence-corrected chi connectivity index (χ4v) is 2.01. The zero-order valence-electron chi connectivity index (χ0n) is 12.5. The molecular weight excluding hydrogens is 292 g/mol. The summed E-state index contributed by atoms with van der Waals surface area (Å²) < 4.78 is 4.72. The van der Waals surface area contributed by atoms with E-state index in [9.17, 15) is 9.59 Å². The van der Waals surface area contributed by atoms with Gasteiger partial charge in [0.15, 0.2) is 0 Å². The number of carbonyl (C=O) groups excluding carboxylic acids is 2. The summed E-state index contributed by atoms with van der Waals surface area (Å²) in [4.78, 5) is 23.6. The molecule has 1 rings (SSSR count). The van der Waals surface area contributed by atoms with Gasteiger partial charge in [-0.3, -0.25) is 0 Å². The van der Waals surface area contributed by atoms with Crippen molar-refractivity contribution in [2.24, 2.45) is 5.92 Å². The molecule has 2 amide bonds. The SMILES string of the molecule is CC[C@@H](C)[C@H](NC(=O)NCc1ccccc1Cl)C(=O)OC. The molecule has 2 N–H and O–H groups in total. The minimum absolute atomic E-state index is 0.0106. The first-order chi connectivity index (χ1) is 9.99. The van der Waals surface area contributed by atoms with Crippen LogP contribution in [-0.2, 0) is 16.1 Å². The number of benzene rings is 1. The van der Waals surface area contributed by atoms with Gasteiger partial charge < -0.3 is 15.4 Å². The monoisotopic (exact) mass is 312 g/mol. The maximum absolute atomic E-state index is 11.9. The Labute approximate surface area is 130 Å². The van der Waals surface area contributed by atoms with Gasteiger partial charge in [0.25, 0.3) is 0 Å². The molecule has 6 heteroatoms. The van der Waals surface area contributed by atoms with Crippen molar-refractivity contribution in [3.05, 3.63) is 34.9 Å². The van der Waals surface area contributed by atoms with E-state index in [-0.39, 0.29) is 5.92 Å². The Morgan fingerprint density at radius 1 is 1.33 bits per heavy atom. The third-order valence-corrected chi connectivity index (χ3v) is 3.72. The second-order valence-corrected chi connectivity index (χ2v) is 5.21. The van der Waals surface area contributed by atoms with Crippen molar-refractivity contribution in [2.45, 2.75) is 32.9 Å². The largest absolute Gasteiger partial charge is 0.467 e. The Kier molecular flexibility index (Phi) is 7.02. The average molecular weight is 313 g/mol. The minimum Gasteiger partial charge on any atom is -0.467 e. The van der Waals surface area contributed by atoms with Crippen LogP contribution in [0.1, 0.15) is 25.8 Å². The topological polar surface area (TPSA) is 67.4 Å². The fraction of sp³-hybridized carbons (Fsp3) is 0.467. The number of hydrogen-bond acceptors (Lipinski definition) is 3. The second-order valence-electron chi connectivity index (χ2n) is 4.80. The highest BCUT2D eigenvalue weighted by Crippen LogP contribution is 2.14. The Morgan fingerprint density at radius 3 is 2.57 bits per heavy atom. The molecule has 0 bridgehead atoms. The van der Waals surface area contributed by atoms with Gasteiger partial charge in [0.2, 0.25) is 0 Å². The van der Waals surface area contributed by atoms with E-state index in [1.54, 1.807) is 6.07 Å². The standard InChI is InChI=1S/C15H21ClN2O3/c1-4-10(2)13(14(19)21-3)18-15(20)17-9-11-7-5-6-8-12(11)16/h5-8,10,13H,4,9H2,1-3H3,(H2,17,18,20)/t10-,13+/m1/s1. The van der Waals surface area contributed by atoms with Crippen LogP contribution in [0.4, 0.5) is 4.79 Å². The van der Waals surface area contributed by atoms with Gasteiger partial charge in [-0.15, -0.1) is 0 Å². The van der Waals surface area contributed by atoms with E-state index in [0.717, 1.165) is 12.0 Å². The smallest absolute Gasteiger partial charge is 0.328 e. The summed E-state index contributed by atoms with van der Waals surface area (Å²) in [5.74, 6) is -0.458. The van der Waals surface area contributed by atoms with Crippen molar-refractivity contribution in [1.82, 2.24) is 10.6 Å². The highest BCUT2D eigenvalue weighted by Gasteiger charge is 2.26. The number of nitrogens with one attached hydrogen (secondary N) is 2. The molecule has 0 aromatic heterocycles. The summed E-state index contributed by atoms with van der Waals surface area (Å²) >= 11 is 6.01. The number of rotatable bonds is 6. The van der Waals surface area contributed by atoms with Crippen LogP contribution in [0.2, 0.25) is 5.02 Å². The van der Waals surface area contributed by atoms with E-state index < -0.39 is 18.0 Å². The van der Waals surface area contributed by atoms with Crippen LogP contribution in [0.5, 0.6) is 0 Å². The summed E-state index contributed by atoms with van der Waals surface area (Å²) in [5.41, 5.74) is 0.812. The van der Waals surface area contributed by atoms with Crippen LogP contribution in [0.25, 0.3) is 0 Å². The first-order valence-electron chi connectivity index (χ1n) is 6.85. The molecule has 0 radical (unpaired) electrons. The van der Waals surface area contributed by atoms with Gasteiger partial charge in [0, 0.05) is 11.6 Å². The van der Waals surface area contributed by atoms with Crippen molar-refractivity contribution in [3.8, 4) is 0 Å². The van der Waals surface area contributed by atoms with Gasteiger partial charge in [-0.2, -0.15) is 0 Å². The van der Waals surface area contributed by atoms with E-state index in [1.807, 2.05) is 32.0 Å². The molecule has 0 heterocycles. The van der Waals surface area contributed by atoms with E-state index in [2.05, 4.69) is 10.6 Å². The Morgan fingerprint density at radius 2 is 2.00 bits per heavy atom. The molecule has 0 spiro atoms. The second kappa shape index (κ2) is 8.52. The molecule has 0 saturated heterocycles. The summed E-state index contributed by atoms with van der Waals surface area (Å²) in [6.07, 6.45) is 0.755. The fourth-order valence-electron chi connectivity index (χ4n) is 1.81. The summed E-state index contributed by atoms with van der Waals surface area (Å²) in [6, 6.07) is 6.17. The maximum atomic E-state index is 11.9. The first kappa shape index (κ1) is 17.3. The molecule has 1 aromatic rings. The quantitative estimate of drug-likeness (QED) is 0.794. The van der Waals surface area contributed by atoms with Crippen molar-refractivity contribution >= 4 is 23.6 Å². The van der Waals surface area contributed by atoms with Crippen molar-refractivity contribution in [1.29, 1.82) is 0 Å². The number of hydrogen-bond donors (Lipinski definition) is 2. The number of esters is 1. The minimum atomic E-state index is -0.661. The Hall–Kier alpha value is -1.75. The predicted octanol–water partition coefficient (Wildman–Crippen LogP) is 2.73. The molecule has 0 fully saturated rings. The number of methoxy groups -OCH3 is 1. The van der Waals surface area contributed by atoms with Gasteiger partial charge in [0.05, 0.1) is 7.11 Å². The van der Waals surface area contributed by atoms with Crippen LogP contribution >= 0.6 is 11.6 Å². The van der Waals surface area contributed by atoms with Gasteiger partial charge in [-0.25, -0.2) is 9.59 Å². The van der Waals surface area contributed by atoms with E-state index in [0.29, 0.717) is 11.6 Å². The van der Waals surface area contributed by atoms with Crippen molar-refractivity contribution in [2.75, 3.05) is 7.11 Å². The van der Waals surface area contributed by atoms with Gasteiger partial charge in [-0.05, 0) is 17.5 Å². The molecule has 1 aromatic carbocycles. The van der Waals surface area contributed by atoms with E-state index >= 15 is 0 Å². The molecule has 5 nitrogen and oxygen atoms in total. The lowest BCUT2D eigenvalue weighted by molar-refractivity contribution is -0.144. The molecule has 21 heavy (non-hydrogen) atoms. The van der Waals surface area contributed by atoms with E-state index in [4.69, 9.17) is 16.3 Å². The maximum Gasteiger partial charge on any atom is 0.328 e. The summed E-state index contributed by atoms with van der Waals surface area (Å²) in [6.45, 7) is 4.12. The van der Waals surface area contributed by atoms with Gasteiger partial charge >= 0.3 is 12.0 Å². The molecule has 116 valence electrons. The van der Waals surface area contributed by atoms with Crippen LogP contribution < -0.4 is 10.6 Å². The molecule has 0 aliphatic carbocycles. The average Bonchev–Trinajstić information content (AvgIpc) is 2.50. The van der Waals surface area contributed by atoms with Crippen LogP contribution in [-0.4, -0.2) is 25.2 Å². The Balaban J connectivity index is 2.58. The van der Waals surface area contributed by atoms with E-state index in [1.165, 1.54) is 7.11 Å². The number of carbonyl (C=O) groups is 2. The predicted molar refractivity (Wildman–Crippen MR) is 82.1 cm³/mol. The van der Waals surface area contributed by atoms with Crippen LogP contribution in [0, 0.1) is 5.92 Å².